The number of alkyl halides is 10. The summed E-state index contributed by atoms with van der Waals surface area (Å²) in [6, 6.07) is 38.9. The van der Waals surface area contributed by atoms with Gasteiger partial charge in [0.15, 0.2) is 0 Å². The zero-order valence-corrected chi connectivity index (χ0v) is 40.4. The van der Waals surface area contributed by atoms with Crippen LogP contribution in [0.2, 0.25) is 0 Å². The average molecular weight is 994 g/mol. The van der Waals surface area contributed by atoms with Crippen molar-refractivity contribution in [3.8, 4) is 33.9 Å². The molecule has 5 aromatic carbocycles. The van der Waals surface area contributed by atoms with Crippen LogP contribution in [-0.4, -0.2) is 74.5 Å². The van der Waals surface area contributed by atoms with Gasteiger partial charge in [-0.1, -0.05) is 150 Å². The third kappa shape index (κ3) is 11.6. The van der Waals surface area contributed by atoms with Crippen LogP contribution in [0.15, 0.2) is 126 Å². The van der Waals surface area contributed by atoms with Gasteiger partial charge in [-0.3, -0.25) is 0 Å². The lowest BCUT2D eigenvalue weighted by atomic mass is 9.85. The van der Waals surface area contributed by atoms with E-state index in [9.17, 15) is 43.9 Å². The van der Waals surface area contributed by atoms with Crippen LogP contribution in [-0.2, 0) is 15.5 Å². The van der Waals surface area contributed by atoms with Gasteiger partial charge in [0.05, 0.1) is 31.2 Å². The molecule has 0 spiro atoms. The third-order valence-corrected chi connectivity index (χ3v) is 11.8. The fraction of sp³-hybridized carbons (Fsp3) is 0.315. The molecule has 375 valence electrons. The molecule has 0 aliphatic carbocycles. The van der Waals surface area contributed by atoms with Gasteiger partial charge >= 0.3 is 31.8 Å². The van der Waals surface area contributed by atoms with Gasteiger partial charge in [-0.2, -0.15) is 43.9 Å². The molecule has 1 aromatic heterocycles. The molecule has 0 amide bonds. The number of nitrogens with zero attached hydrogens (tertiary/aromatic N) is 2. The first-order chi connectivity index (χ1) is 33.0. The number of benzene rings is 5. The summed E-state index contributed by atoms with van der Waals surface area (Å²) in [6.07, 6.45) is -11.5. The van der Waals surface area contributed by atoms with Gasteiger partial charge in [-0.25, -0.2) is 4.99 Å². The van der Waals surface area contributed by atoms with E-state index >= 15 is 0 Å². The Morgan fingerprint density at radius 3 is 1.51 bits per heavy atom. The normalized spacial score (nSPS) is 14.1. The van der Waals surface area contributed by atoms with Crippen LogP contribution in [0.3, 0.4) is 0 Å². The Kier molecular flexibility index (Phi) is 15.5. The van der Waals surface area contributed by atoms with E-state index in [1.807, 2.05) is 110 Å². The van der Waals surface area contributed by atoms with E-state index in [-0.39, 0.29) is 10.8 Å². The average Bonchev–Trinajstić information content (AvgIpc) is 3.87. The lowest BCUT2D eigenvalue weighted by Gasteiger charge is -2.24. The summed E-state index contributed by atoms with van der Waals surface area (Å²) < 4.78 is 145. The summed E-state index contributed by atoms with van der Waals surface area (Å²) in [5.41, 5.74) is 10.3. The highest BCUT2D eigenvalue weighted by Gasteiger charge is 2.58. The standard InChI is InChI=1S/C51H49BF5N2O3.C3H3F5O/c1-31-17-19-34(20-18-31)45-37-13-10-11-14-38(37)46(58-45)44(43-41(60-8)15-12-16-42(43)61-9)47-39(32-21-25-35(26-22-32)48(2,3)4)29-40(33-23-27-36(28-24-33)49(5,6)7)59(47)52-62-30-50(53,54)51(55,56)57;4-2(5,1-9)3(6,7)8/h10-29H,30H2,1-9H3;9H,1H2/b46-44-;. The van der Waals surface area contributed by atoms with Gasteiger partial charge in [-0.15, -0.1) is 0 Å². The topological polar surface area (TPSA) is 65.2 Å². The number of methoxy groups -OCH3 is 2. The Morgan fingerprint density at radius 1 is 0.577 bits per heavy atom. The summed E-state index contributed by atoms with van der Waals surface area (Å²) in [5, 5.41) is 7.46. The molecule has 0 saturated heterocycles. The van der Waals surface area contributed by atoms with Gasteiger partial charge < -0.3 is 23.7 Å². The Balaban J connectivity index is 0.000000834. The number of rotatable bonds is 12. The molecule has 1 aliphatic heterocycles. The molecule has 2 heterocycles. The number of hydrogen-bond donors (Lipinski definition) is 1. The van der Waals surface area contributed by atoms with Gasteiger partial charge in [0.2, 0.25) is 0 Å². The SMILES string of the molecule is COc1cccc(OC)c1/C(=C1/N=C(c2ccc(C)cc2)c2ccccc21)c1c(-c2ccc(C(C)(C)C)cc2)cc(-c2ccc(C(C)(C)C)cc2)n1[B]OCC(F)(F)C(F)(F)F.OCC(F)(F)C(F)(F)F. The molecule has 6 aromatic rings. The molecule has 0 fully saturated rings. The molecule has 1 N–H and O–H groups in total. The summed E-state index contributed by atoms with van der Waals surface area (Å²) in [6.45, 7) is 10.5. The predicted molar refractivity (Wildman–Crippen MR) is 258 cm³/mol. The van der Waals surface area contributed by atoms with Crippen molar-refractivity contribution in [3.63, 3.8) is 0 Å². The fourth-order valence-corrected chi connectivity index (χ4v) is 7.71. The molecular formula is C54H52BF10N2O4. The maximum atomic E-state index is 14.6. The zero-order valence-electron chi connectivity index (χ0n) is 40.4. The van der Waals surface area contributed by atoms with Crippen LogP contribution in [0.1, 0.15) is 86.2 Å². The molecule has 7 rings (SSSR count). The lowest BCUT2D eigenvalue weighted by molar-refractivity contribution is -0.292. The molecule has 6 nitrogen and oxygen atoms in total. The number of aromatic nitrogens is 1. The highest BCUT2D eigenvalue weighted by atomic mass is 19.4. The van der Waals surface area contributed by atoms with Gasteiger partial charge in [0.1, 0.15) is 24.7 Å². The second-order valence-electron chi connectivity index (χ2n) is 18.9. The highest BCUT2D eigenvalue weighted by Crippen LogP contribution is 2.50. The van der Waals surface area contributed by atoms with Crippen molar-refractivity contribution < 1.29 is 63.1 Å². The molecule has 0 bridgehead atoms. The van der Waals surface area contributed by atoms with Crippen molar-refractivity contribution in [2.75, 3.05) is 27.4 Å². The molecular weight excluding hydrogens is 941 g/mol. The van der Waals surface area contributed by atoms with E-state index in [4.69, 9.17) is 24.2 Å². The minimum atomic E-state index is -5.83. The van der Waals surface area contributed by atoms with Crippen LogP contribution >= 0.6 is 0 Å². The second kappa shape index (κ2) is 20.4. The number of aryl methyl sites for hydroxylation is 1. The van der Waals surface area contributed by atoms with Crippen LogP contribution in [0.25, 0.3) is 33.7 Å². The van der Waals surface area contributed by atoms with Crippen LogP contribution in [0.5, 0.6) is 11.5 Å². The van der Waals surface area contributed by atoms with Crippen molar-refractivity contribution in [3.05, 3.63) is 166 Å². The van der Waals surface area contributed by atoms with E-state index in [1.54, 1.807) is 22.7 Å². The number of fused-ring (bicyclic) bond motifs is 1. The summed E-state index contributed by atoms with van der Waals surface area (Å²) in [5.74, 6) is -9.29. The molecule has 1 radical (unpaired) electrons. The minimum Gasteiger partial charge on any atom is -0.496 e. The Morgan fingerprint density at radius 2 is 1.06 bits per heavy atom. The quantitative estimate of drug-likeness (QED) is 0.0980. The van der Waals surface area contributed by atoms with E-state index in [1.165, 1.54) is 14.2 Å². The molecule has 0 saturated carbocycles. The van der Waals surface area contributed by atoms with Crippen molar-refractivity contribution in [1.82, 2.24) is 4.48 Å². The number of ether oxygens (including phenoxy) is 2. The number of aliphatic hydroxyl groups is 1. The Bertz CT molecular complexity index is 2870. The van der Waals surface area contributed by atoms with E-state index < -0.39 is 37.4 Å². The number of hydrogen-bond acceptors (Lipinski definition) is 5. The Hall–Kier alpha value is -6.33. The molecule has 0 unspecified atom stereocenters. The van der Waals surface area contributed by atoms with Crippen molar-refractivity contribution in [2.24, 2.45) is 4.99 Å². The largest absolute Gasteiger partial charge is 0.496 e. The number of halogens is 10. The van der Waals surface area contributed by atoms with E-state index in [0.717, 1.165) is 46.6 Å². The smallest absolute Gasteiger partial charge is 0.455 e. The Labute approximate surface area is 406 Å². The van der Waals surface area contributed by atoms with E-state index in [2.05, 4.69) is 41.5 Å². The molecule has 0 atom stereocenters. The van der Waals surface area contributed by atoms with Crippen molar-refractivity contribution in [1.29, 1.82) is 0 Å². The first-order valence-electron chi connectivity index (χ1n) is 22.2. The maximum Gasteiger partial charge on any atom is 0.455 e. The third-order valence-electron chi connectivity index (χ3n) is 11.8. The predicted octanol–water partition coefficient (Wildman–Crippen LogP) is 14.3. The maximum absolute atomic E-state index is 14.6. The molecule has 17 heteroatoms. The fourth-order valence-electron chi connectivity index (χ4n) is 7.71. The van der Waals surface area contributed by atoms with Gasteiger partial charge in [0, 0.05) is 39.2 Å². The van der Waals surface area contributed by atoms with Gasteiger partial charge in [0.25, 0.3) is 0 Å². The summed E-state index contributed by atoms with van der Waals surface area (Å²) in [4.78, 5) is 5.40. The second-order valence-corrected chi connectivity index (χ2v) is 18.9. The highest BCUT2D eigenvalue weighted by molar-refractivity contribution is 6.30. The summed E-state index contributed by atoms with van der Waals surface area (Å²) in [7, 11) is 4.01. The van der Waals surface area contributed by atoms with E-state index in [0.29, 0.717) is 56.6 Å². The molecule has 71 heavy (non-hydrogen) atoms. The first-order valence-corrected chi connectivity index (χ1v) is 22.2. The van der Waals surface area contributed by atoms with Crippen molar-refractivity contribution >= 4 is 24.6 Å². The zero-order chi connectivity index (χ0) is 52.5. The van der Waals surface area contributed by atoms with Crippen LogP contribution in [0, 0.1) is 6.92 Å². The monoisotopic (exact) mass is 993 g/mol. The molecule has 1 aliphatic rings. The van der Waals surface area contributed by atoms with Crippen molar-refractivity contribution in [2.45, 2.75) is 83.5 Å². The van der Waals surface area contributed by atoms with Crippen LogP contribution < -0.4 is 9.47 Å². The lowest BCUT2D eigenvalue weighted by Crippen LogP contribution is -2.41. The van der Waals surface area contributed by atoms with Crippen LogP contribution in [0.4, 0.5) is 43.9 Å². The summed E-state index contributed by atoms with van der Waals surface area (Å²) >= 11 is 0. The minimum absolute atomic E-state index is 0.175. The number of aliphatic hydroxyl groups excluding tert-OH is 1. The van der Waals surface area contributed by atoms with Gasteiger partial charge in [-0.05, 0) is 58.2 Å². The first kappa shape index (κ1) is 54.0. The number of aliphatic imine (C=N–C) groups is 1.